The lowest BCUT2D eigenvalue weighted by Crippen LogP contribution is -2.17. The Labute approximate surface area is 193 Å². The molecule has 0 aliphatic carbocycles. The molecule has 4 rings (SSSR count). The Kier molecular flexibility index (Phi) is 5.81. The number of hydrogen-bond acceptors (Lipinski definition) is 6. The van der Waals surface area contributed by atoms with Crippen LogP contribution in [-0.2, 0) is 10.0 Å². The Morgan fingerprint density at radius 2 is 1.75 bits per heavy atom. The molecule has 11 heteroatoms. The molecule has 0 spiro atoms. The number of nitrogens with one attached hydrogen (secondary N) is 1. The van der Waals surface area contributed by atoms with Crippen LogP contribution < -0.4 is 15.0 Å². The molecule has 0 unspecified atom stereocenters. The smallest absolute Gasteiger partial charge is 0.265 e. The predicted molar refractivity (Wildman–Crippen MR) is 123 cm³/mol. The summed E-state index contributed by atoms with van der Waals surface area (Å²) < 4.78 is 35.1. The SMILES string of the molecule is COc1ncc(-c2ccc3ncc(C)c(=O)n3c2)cc1NS(=O)(=O)c1c(Cl)cccc1Cl. The van der Waals surface area contributed by atoms with Crippen molar-refractivity contribution in [2.24, 2.45) is 0 Å². The number of rotatable bonds is 5. The molecule has 0 fully saturated rings. The van der Waals surface area contributed by atoms with Crippen LogP contribution in [0.4, 0.5) is 5.69 Å². The first kappa shape index (κ1) is 22.1. The number of aromatic nitrogens is 3. The van der Waals surface area contributed by atoms with Crippen molar-refractivity contribution in [2.75, 3.05) is 11.8 Å². The van der Waals surface area contributed by atoms with Crippen molar-refractivity contribution >= 4 is 44.6 Å². The summed E-state index contributed by atoms with van der Waals surface area (Å²) >= 11 is 12.2. The van der Waals surface area contributed by atoms with E-state index in [1.54, 1.807) is 37.4 Å². The zero-order chi connectivity index (χ0) is 23.0. The Hall–Kier alpha value is -3.14. The molecule has 0 amide bonds. The second-order valence-corrected chi connectivity index (χ2v) is 9.26. The second kappa shape index (κ2) is 8.42. The van der Waals surface area contributed by atoms with Gasteiger partial charge in [0.05, 0.1) is 17.2 Å². The van der Waals surface area contributed by atoms with Crippen molar-refractivity contribution in [3.05, 3.63) is 81.0 Å². The fourth-order valence-electron chi connectivity index (χ4n) is 3.12. The third-order valence-corrected chi connectivity index (χ3v) is 7.00. The molecule has 0 saturated carbocycles. The summed E-state index contributed by atoms with van der Waals surface area (Å²) in [6.07, 6.45) is 4.64. The summed E-state index contributed by atoms with van der Waals surface area (Å²) in [5.74, 6) is 0.0518. The molecule has 32 heavy (non-hydrogen) atoms. The van der Waals surface area contributed by atoms with Gasteiger partial charge in [-0.15, -0.1) is 0 Å². The van der Waals surface area contributed by atoms with Gasteiger partial charge in [-0.2, -0.15) is 0 Å². The first-order valence-corrected chi connectivity index (χ1v) is 11.4. The van der Waals surface area contributed by atoms with Crippen LogP contribution in [0.15, 0.2) is 64.7 Å². The average Bonchev–Trinajstić information content (AvgIpc) is 2.75. The lowest BCUT2D eigenvalue weighted by molar-refractivity contribution is 0.400. The van der Waals surface area contributed by atoms with Crippen molar-refractivity contribution < 1.29 is 13.2 Å². The van der Waals surface area contributed by atoms with E-state index in [4.69, 9.17) is 27.9 Å². The van der Waals surface area contributed by atoms with E-state index in [9.17, 15) is 13.2 Å². The van der Waals surface area contributed by atoms with Gasteiger partial charge in [-0.25, -0.2) is 18.4 Å². The topological polar surface area (TPSA) is 103 Å². The predicted octanol–water partition coefficient (Wildman–Crippen LogP) is 4.18. The highest BCUT2D eigenvalue weighted by atomic mass is 35.5. The Morgan fingerprint density at radius 1 is 1.03 bits per heavy atom. The van der Waals surface area contributed by atoms with Crippen molar-refractivity contribution in [3.63, 3.8) is 0 Å². The van der Waals surface area contributed by atoms with Crippen LogP contribution in [0, 0.1) is 6.92 Å². The molecule has 0 aliphatic heterocycles. The summed E-state index contributed by atoms with van der Waals surface area (Å²) in [6, 6.07) is 9.39. The van der Waals surface area contributed by atoms with E-state index in [-0.39, 0.29) is 32.1 Å². The van der Waals surface area contributed by atoms with Crippen LogP contribution in [0.1, 0.15) is 5.56 Å². The van der Waals surface area contributed by atoms with Gasteiger partial charge in [0.1, 0.15) is 16.2 Å². The van der Waals surface area contributed by atoms with Crippen LogP contribution in [0.3, 0.4) is 0 Å². The van der Waals surface area contributed by atoms with Gasteiger partial charge in [0.25, 0.3) is 15.6 Å². The minimum absolute atomic E-state index is 0.0233. The van der Waals surface area contributed by atoms with Crippen molar-refractivity contribution in [1.29, 1.82) is 0 Å². The van der Waals surface area contributed by atoms with Gasteiger partial charge in [-0.3, -0.25) is 13.9 Å². The molecule has 3 aromatic heterocycles. The number of pyridine rings is 2. The molecular formula is C21H16Cl2N4O4S. The van der Waals surface area contributed by atoms with E-state index in [2.05, 4.69) is 14.7 Å². The summed E-state index contributed by atoms with van der Waals surface area (Å²) in [7, 11) is -2.78. The van der Waals surface area contributed by atoms with E-state index < -0.39 is 10.0 Å². The summed E-state index contributed by atoms with van der Waals surface area (Å²) in [6.45, 7) is 1.68. The lowest BCUT2D eigenvalue weighted by Gasteiger charge is -2.14. The minimum Gasteiger partial charge on any atom is -0.480 e. The van der Waals surface area contributed by atoms with Gasteiger partial charge >= 0.3 is 0 Å². The van der Waals surface area contributed by atoms with Gasteiger partial charge in [0.2, 0.25) is 5.88 Å². The Balaban J connectivity index is 1.81. The quantitative estimate of drug-likeness (QED) is 0.450. The van der Waals surface area contributed by atoms with Crippen LogP contribution in [0.5, 0.6) is 5.88 Å². The third kappa shape index (κ3) is 4.02. The number of benzene rings is 1. The fourth-order valence-corrected chi connectivity index (χ4v) is 5.31. The number of anilines is 1. The van der Waals surface area contributed by atoms with Gasteiger partial charge in [-0.05, 0) is 37.3 Å². The normalized spacial score (nSPS) is 11.5. The minimum atomic E-state index is -4.15. The molecule has 3 heterocycles. The van der Waals surface area contributed by atoms with Gasteiger partial charge in [-0.1, -0.05) is 29.3 Å². The first-order chi connectivity index (χ1) is 15.2. The van der Waals surface area contributed by atoms with Gasteiger partial charge < -0.3 is 4.74 Å². The third-order valence-electron chi connectivity index (χ3n) is 4.68. The maximum absolute atomic E-state index is 13.0. The molecule has 0 bridgehead atoms. The number of methoxy groups -OCH3 is 1. The van der Waals surface area contributed by atoms with E-state index in [1.165, 1.54) is 36.0 Å². The van der Waals surface area contributed by atoms with E-state index >= 15 is 0 Å². The monoisotopic (exact) mass is 490 g/mol. The second-order valence-electron chi connectivity index (χ2n) is 6.83. The van der Waals surface area contributed by atoms with Crippen molar-refractivity contribution in [1.82, 2.24) is 14.4 Å². The van der Waals surface area contributed by atoms with Crippen LogP contribution >= 0.6 is 23.2 Å². The standard InChI is InChI=1S/C21H16Cl2N4O4S/c1-12-9-24-18-7-6-13(11-27(18)21(12)28)14-8-17(20(31-2)25-10-14)26-32(29,30)19-15(22)4-3-5-16(19)23/h3-11,26H,1-2H3. The highest BCUT2D eigenvalue weighted by molar-refractivity contribution is 7.93. The molecule has 1 N–H and O–H groups in total. The van der Waals surface area contributed by atoms with E-state index in [0.29, 0.717) is 22.3 Å². The largest absolute Gasteiger partial charge is 0.480 e. The van der Waals surface area contributed by atoms with Crippen LogP contribution in [-0.4, -0.2) is 29.9 Å². The number of nitrogens with zero attached hydrogens (tertiary/aromatic N) is 3. The summed E-state index contributed by atoms with van der Waals surface area (Å²) in [4.78, 5) is 20.6. The fraction of sp³-hybridized carbons (Fsp3) is 0.0952. The number of aryl methyl sites for hydroxylation is 1. The van der Waals surface area contributed by atoms with Crippen molar-refractivity contribution in [2.45, 2.75) is 11.8 Å². The highest BCUT2D eigenvalue weighted by Crippen LogP contribution is 2.34. The molecule has 0 atom stereocenters. The van der Waals surface area contributed by atoms with Gasteiger partial charge in [0, 0.05) is 35.3 Å². The number of fused-ring (bicyclic) bond motifs is 1. The number of hydrogen-bond donors (Lipinski definition) is 1. The summed E-state index contributed by atoms with van der Waals surface area (Å²) in [5.41, 5.74) is 2.03. The lowest BCUT2D eigenvalue weighted by atomic mass is 10.1. The summed E-state index contributed by atoms with van der Waals surface area (Å²) in [5, 5.41) is -0.0466. The maximum atomic E-state index is 13.0. The molecule has 1 aromatic carbocycles. The zero-order valence-corrected chi connectivity index (χ0v) is 19.2. The number of sulfonamides is 1. The maximum Gasteiger partial charge on any atom is 0.265 e. The Morgan fingerprint density at radius 3 is 2.44 bits per heavy atom. The molecule has 0 saturated heterocycles. The Bertz CT molecular complexity index is 1500. The van der Waals surface area contributed by atoms with E-state index in [0.717, 1.165) is 0 Å². The molecule has 4 aromatic rings. The van der Waals surface area contributed by atoms with Crippen molar-refractivity contribution in [3.8, 4) is 17.0 Å². The van der Waals surface area contributed by atoms with Crippen LogP contribution in [0.25, 0.3) is 16.8 Å². The van der Waals surface area contributed by atoms with Crippen LogP contribution in [0.2, 0.25) is 10.0 Å². The molecule has 0 aliphatic rings. The molecule has 8 nitrogen and oxygen atoms in total. The average molecular weight is 491 g/mol. The first-order valence-electron chi connectivity index (χ1n) is 9.20. The molecule has 0 radical (unpaired) electrons. The molecular weight excluding hydrogens is 475 g/mol. The highest BCUT2D eigenvalue weighted by Gasteiger charge is 2.24. The number of ether oxygens (including phenoxy) is 1. The molecule has 164 valence electrons. The van der Waals surface area contributed by atoms with E-state index in [1.807, 2.05) is 0 Å². The van der Waals surface area contributed by atoms with Gasteiger partial charge in [0.15, 0.2) is 0 Å². The zero-order valence-electron chi connectivity index (χ0n) is 16.8. The number of halogens is 2.